The van der Waals surface area contributed by atoms with Crippen LogP contribution >= 0.6 is 11.3 Å². The van der Waals surface area contributed by atoms with Crippen molar-refractivity contribution >= 4 is 11.3 Å². The third-order valence-electron chi connectivity index (χ3n) is 4.59. The Kier molecular flexibility index (Phi) is 5.02. The Morgan fingerprint density at radius 2 is 2.05 bits per heavy atom. The molecule has 2 atom stereocenters. The summed E-state index contributed by atoms with van der Waals surface area (Å²) >= 11 is 1.77. The van der Waals surface area contributed by atoms with Gasteiger partial charge in [0.05, 0.1) is 11.2 Å². The lowest BCUT2D eigenvalue weighted by molar-refractivity contribution is 0.213. The molecular weight excluding hydrogens is 252 g/mol. The van der Waals surface area contributed by atoms with Crippen molar-refractivity contribution in [3.05, 3.63) is 16.1 Å². The Morgan fingerprint density at radius 1 is 1.26 bits per heavy atom. The first-order valence-corrected chi connectivity index (χ1v) is 8.47. The number of rotatable bonds is 3. The zero-order valence-corrected chi connectivity index (χ0v) is 13.6. The van der Waals surface area contributed by atoms with Crippen molar-refractivity contribution in [1.82, 2.24) is 10.3 Å². The smallest absolute Gasteiger partial charge is 0.0798 e. The number of thiazole rings is 1. The van der Waals surface area contributed by atoms with E-state index in [2.05, 4.69) is 38.0 Å². The summed E-state index contributed by atoms with van der Waals surface area (Å²) in [5.41, 5.74) is 3.62. The normalized spacial score (nSPS) is 25.3. The summed E-state index contributed by atoms with van der Waals surface area (Å²) in [6.07, 6.45) is 6.83. The van der Waals surface area contributed by atoms with Gasteiger partial charge in [0.25, 0.3) is 0 Å². The predicted octanol–water partition coefficient (Wildman–Crippen LogP) is 4.54. The monoisotopic (exact) mass is 280 g/mol. The number of nitrogens with one attached hydrogen (secondary N) is 1. The fourth-order valence-electron chi connectivity index (χ4n) is 3.10. The molecule has 2 rings (SSSR count). The highest BCUT2D eigenvalue weighted by Gasteiger charge is 2.27. The summed E-state index contributed by atoms with van der Waals surface area (Å²) in [4.78, 5) is 5.72. The van der Waals surface area contributed by atoms with E-state index in [0.717, 1.165) is 12.5 Å². The summed E-state index contributed by atoms with van der Waals surface area (Å²) in [5, 5.41) is 3.75. The minimum Gasteiger partial charge on any atom is -0.309 e. The van der Waals surface area contributed by atoms with Crippen LogP contribution in [0.1, 0.15) is 63.4 Å². The third kappa shape index (κ3) is 4.28. The second kappa shape index (κ2) is 6.36. The maximum absolute atomic E-state index is 4.32. The van der Waals surface area contributed by atoms with E-state index in [4.69, 9.17) is 0 Å². The Balaban J connectivity index is 1.82. The average molecular weight is 280 g/mol. The van der Waals surface area contributed by atoms with Gasteiger partial charge in [-0.15, -0.1) is 11.3 Å². The Bertz CT molecular complexity index is 392. The molecule has 1 aliphatic carbocycles. The molecule has 1 aromatic heterocycles. The van der Waals surface area contributed by atoms with Gasteiger partial charge >= 0.3 is 0 Å². The minimum atomic E-state index is 0.475. The first kappa shape index (κ1) is 15.0. The lowest BCUT2D eigenvalue weighted by Crippen LogP contribution is -2.28. The van der Waals surface area contributed by atoms with Crippen molar-refractivity contribution in [3.63, 3.8) is 0 Å². The minimum absolute atomic E-state index is 0.475. The molecule has 1 aromatic rings. The molecule has 0 spiro atoms. The molecule has 2 unspecified atom stereocenters. The number of hydrogen-bond donors (Lipinski definition) is 1. The summed E-state index contributed by atoms with van der Waals surface area (Å²) in [5.74, 6) is 0.893. The molecule has 1 saturated carbocycles. The quantitative estimate of drug-likeness (QED) is 0.822. The Hall–Kier alpha value is -0.410. The molecule has 0 bridgehead atoms. The van der Waals surface area contributed by atoms with Crippen molar-refractivity contribution in [2.75, 3.05) is 0 Å². The molecule has 0 aromatic carbocycles. The van der Waals surface area contributed by atoms with Gasteiger partial charge in [0.2, 0.25) is 0 Å². The van der Waals surface area contributed by atoms with Gasteiger partial charge in [0.15, 0.2) is 0 Å². The lowest BCUT2D eigenvalue weighted by Gasteiger charge is -2.29. The van der Waals surface area contributed by atoms with E-state index in [1.807, 2.05) is 5.51 Å². The number of aromatic nitrogens is 1. The summed E-state index contributed by atoms with van der Waals surface area (Å²) in [7, 11) is 0. The van der Waals surface area contributed by atoms with Crippen LogP contribution in [0.4, 0.5) is 0 Å². The molecule has 0 amide bonds. The number of nitrogens with zero attached hydrogens (tertiary/aromatic N) is 1. The van der Waals surface area contributed by atoms with E-state index in [0.29, 0.717) is 11.5 Å². The van der Waals surface area contributed by atoms with Crippen LogP contribution in [0.5, 0.6) is 0 Å². The van der Waals surface area contributed by atoms with Gasteiger partial charge in [0.1, 0.15) is 0 Å². The fourth-order valence-corrected chi connectivity index (χ4v) is 3.83. The second-order valence-corrected chi connectivity index (χ2v) is 7.95. The molecule has 1 fully saturated rings. The highest BCUT2D eigenvalue weighted by atomic mass is 32.1. The van der Waals surface area contributed by atoms with E-state index in [9.17, 15) is 0 Å². The van der Waals surface area contributed by atoms with Crippen LogP contribution in [-0.4, -0.2) is 11.0 Å². The molecule has 3 heteroatoms. The van der Waals surface area contributed by atoms with Crippen LogP contribution in [0.25, 0.3) is 0 Å². The fraction of sp³-hybridized carbons (Fsp3) is 0.812. The van der Waals surface area contributed by atoms with E-state index < -0.39 is 0 Å². The van der Waals surface area contributed by atoms with E-state index in [1.165, 1.54) is 42.7 Å². The van der Waals surface area contributed by atoms with Gasteiger partial charge in [-0.3, -0.25) is 0 Å². The molecule has 1 N–H and O–H groups in total. The molecule has 0 radical (unpaired) electrons. The predicted molar refractivity (Wildman–Crippen MR) is 83.5 cm³/mol. The third-order valence-corrected chi connectivity index (χ3v) is 5.52. The Labute approximate surface area is 122 Å². The van der Waals surface area contributed by atoms with E-state index in [-0.39, 0.29) is 0 Å². The van der Waals surface area contributed by atoms with Crippen LogP contribution in [0, 0.1) is 18.3 Å². The van der Waals surface area contributed by atoms with Gasteiger partial charge < -0.3 is 5.32 Å². The molecule has 0 saturated heterocycles. The van der Waals surface area contributed by atoms with Gasteiger partial charge in [-0.25, -0.2) is 4.98 Å². The van der Waals surface area contributed by atoms with Crippen molar-refractivity contribution < 1.29 is 0 Å². The lowest BCUT2D eigenvalue weighted by atomic mass is 9.76. The van der Waals surface area contributed by atoms with Crippen LogP contribution < -0.4 is 5.32 Å². The van der Waals surface area contributed by atoms with Crippen molar-refractivity contribution in [2.45, 2.75) is 72.4 Å². The van der Waals surface area contributed by atoms with Crippen LogP contribution in [0.15, 0.2) is 5.51 Å². The average Bonchev–Trinajstić information content (AvgIpc) is 2.61. The molecular formula is C16H28N2S. The standard InChI is InChI=1S/C16H28N2S/c1-12-15(19-11-18-12)10-17-14-7-5-6-13(8-9-14)16(2,3)4/h11,13-14,17H,5-10H2,1-4H3. The topological polar surface area (TPSA) is 24.9 Å². The highest BCUT2D eigenvalue weighted by molar-refractivity contribution is 7.09. The molecule has 1 heterocycles. The van der Waals surface area contributed by atoms with Crippen molar-refractivity contribution in [2.24, 2.45) is 11.3 Å². The zero-order chi connectivity index (χ0) is 13.9. The van der Waals surface area contributed by atoms with Gasteiger partial charge in [-0.05, 0) is 43.9 Å². The van der Waals surface area contributed by atoms with Crippen LogP contribution in [-0.2, 0) is 6.54 Å². The van der Waals surface area contributed by atoms with Gasteiger partial charge in [-0.1, -0.05) is 27.2 Å². The maximum Gasteiger partial charge on any atom is 0.0798 e. The van der Waals surface area contributed by atoms with Gasteiger partial charge in [0, 0.05) is 17.5 Å². The summed E-state index contributed by atoms with van der Waals surface area (Å²) in [6.45, 7) is 10.3. The van der Waals surface area contributed by atoms with Crippen LogP contribution in [0.3, 0.4) is 0 Å². The number of hydrogen-bond acceptors (Lipinski definition) is 3. The van der Waals surface area contributed by atoms with Crippen LogP contribution in [0.2, 0.25) is 0 Å². The van der Waals surface area contributed by atoms with Crippen molar-refractivity contribution in [1.29, 1.82) is 0 Å². The molecule has 2 nitrogen and oxygen atoms in total. The maximum atomic E-state index is 4.32. The largest absolute Gasteiger partial charge is 0.309 e. The second-order valence-electron chi connectivity index (χ2n) is 7.01. The Morgan fingerprint density at radius 3 is 2.68 bits per heavy atom. The van der Waals surface area contributed by atoms with Crippen molar-refractivity contribution in [3.8, 4) is 0 Å². The first-order chi connectivity index (χ1) is 8.97. The van der Waals surface area contributed by atoms with E-state index in [1.54, 1.807) is 11.3 Å². The molecule has 19 heavy (non-hydrogen) atoms. The number of aryl methyl sites for hydroxylation is 1. The van der Waals surface area contributed by atoms with Gasteiger partial charge in [-0.2, -0.15) is 0 Å². The highest BCUT2D eigenvalue weighted by Crippen LogP contribution is 2.36. The zero-order valence-electron chi connectivity index (χ0n) is 12.8. The first-order valence-electron chi connectivity index (χ1n) is 7.59. The SMILES string of the molecule is Cc1ncsc1CNC1CCCC(C(C)(C)C)CC1. The summed E-state index contributed by atoms with van der Waals surface area (Å²) < 4.78 is 0. The van der Waals surface area contributed by atoms with E-state index >= 15 is 0 Å². The molecule has 108 valence electrons. The summed E-state index contributed by atoms with van der Waals surface area (Å²) in [6, 6.07) is 0.703. The molecule has 1 aliphatic rings. The molecule has 0 aliphatic heterocycles.